The van der Waals surface area contributed by atoms with Gasteiger partial charge in [-0.15, -0.1) is 0 Å². The van der Waals surface area contributed by atoms with Gasteiger partial charge in [-0.1, -0.05) is 6.04 Å². The van der Waals surface area contributed by atoms with E-state index < -0.39 is 42.6 Å². The summed E-state index contributed by atoms with van der Waals surface area (Å²) in [6.45, 7) is -2.14. The lowest BCUT2D eigenvalue weighted by atomic mass is 9.52. The summed E-state index contributed by atoms with van der Waals surface area (Å²) in [6, 6.07) is -0.759. The molecule has 22 heavy (non-hydrogen) atoms. The molecule has 1 saturated carbocycles. The average Bonchev–Trinajstić information content (AvgIpc) is 2.93. The summed E-state index contributed by atoms with van der Waals surface area (Å²) in [5.74, 6) is -0.755. The number of likely N-dealkylation sites (N-methyl/N-ethyl adjacent to an activating group) is 1. The summed E-state index contributed by atoms with van der Waals surface area (Å²) < 4.78 is 68.7. The van der Waals surface area contributed by atoms with Crippen molar-refractivity contribution in [1.29, 1.82) is 0 Å². The van der Waals surface area contributed by atoms with Crippen molar-refractivity contribution in [2.45, 2.75) is 43.2 Å². The molecule has 1 aromatic carbocycles. The van der Waals surface area contributed by atoms with E-state index in [1.807, 2.05) is 0 Å². The zero-order valence-electron chi connectivity index (χ0n) is 19.2. The number of ketones is 1. The van der Waals surface area contributed by atoms with E-state index in [1.54, 1.807) is 0 Å². The van der Waals surface area contributed by atoms with Crippen LogP contribution in [0.15, 0.2) is 12.1 Å². The normalized spacial score (nSPS) is 46.0. The minimum Gasteiger partial charge on any atom is -0.493 e. The Labute approximate surface area is 140 Å². The number of rotatable bonds is 1. The molecule has 5 rings (SSSR count). The van der Waals surface area contributed by atoms with Crippen LogP contribution in [0, 0.1) is 5.92 Å². The molecule has 4 heteroatoms. The molecule has 2 bridgehead atoms. The lowest BCUT2D eigenvalue weighted by molar-refractivity contribution is -0.138. The second kappa shape index (κ2) is 4.05. The summed E-state index contributed by atoms with van der Waals surface area (Å²) in [4.78, 5) is 14.5. The smallest absolute Gasteiger partial charge is 0.174 e. The minimum atomic E-state index is -2.37. The molecule has 116 valence electrons. The van der Waals surface area contributed by atoms with E-state index in [0.717, 1.165) is 0 Å². The summed E-state index contributed by atoms with van der Waals surface area (Å²) >= 11 is 0. The molecule has 1 unspecified atom stereocenters. The number of benzene rings is 1. The fourth-order valence-corrected chi connectivity index (χ4v) is 4.98. The van der Waals surface area contributed by atoms with Crippen LogP contribution in [0.3, 0.4) is 0 Å². The Balaban J connectivity index is 1.82. The first-order valence-electron chi connectivity index (χ1n) is 11.1. The van der Waals surface area contributed by atoms with Crippen molar-refractivity contribution < 1.29 is 23.9 Å². The molecule has 2 aliphatic heterocycles. The Kier molecular flexibility index (Phi) is 1.44. The molecule has 2 fully saturated rings. The maximum absolute atomic E-state index is 13.1. The van der Waals surface area contributed by atoms with Crippen LogP contribution in [-0.2, 0) is 16.6 Å². The van der Waals surface area contributed by atoms with Crippen molar-refractivity contribution >= 4 is 5.78 Å². The Hall–Kier alpha value is -1.55. The molecule has 0 amide bonds. The van der Waals surface area contributed by atoms with Gasteiger partial charge in [0.05, 0.1) is 9.85 Å². The highest BCUT2D eigenvalue weighted by atomic mass is 16.5. The standard InChI is InChI=1S/C18H21NO3/c1-19-8-7-18-11-4-5-13(20)17(18)22-16-14(21-2)6-3-10(15(16)18)9-12(11)19/h3,6,11-12,17H,4-5,7-9H2,1-2H3/t11-,12+,17?,18-/m0/s1/i1D3,3D,5D2,6D. The van der Waals surface area contributed by atoms with Crippen LogP contribution in [0.1, 0.15) is 39.9 Å². The highest BCUT2D eigenvalue weighted by molar-refractivity contribution is 5.89. The van der Waals surface area contributed by atoms with E-state index >= 15 is 0 Å². The monoisotopic (exact) mass is 306 g/mol. The second-order valence-corrected chi connectivity index (χ2v) is 6.57. The number of hydrogen-bond donors (Lipinski definition) is 0. The number of methoxy groups -OCH3 is 1. The summed E-state index contributed by atoms with van der Waals surface area (Å²) in [6.07, 6.45) is -2.78. The van der Waals surface area contributed by atoms with E-state index in [0.29, 0.717) is 17.5 Å². The topological polar surface area (TPSA) is 38.8 Å². The Morgan fingerprint density at radius 2 is 2.50 bits per heavy atom. The van der Waals surface area contributed by atoms with Gasteiger partial charge in [-0.25, -0.2) is 0 Å². The number of carbonyl (C=O) groups is 1. The highest BCUT2D eigenvalue weighted by Crippen LogP contribution is 2.62. The van der Waals surface area contributed by atoms with Crippen LogP contribution in [0.2, 0.25) is 0 Å². The van der Waals surface area contributed by atoms with Crippen molar-refractivity contribution in [2.24, 2.45) is 5.92 Å². The van der Waals surface area contributed by atoms with Crippen LogP contribution in [0.4, 0.5) is 0 Å². The fraction of sp³-hybridized carbons (Fsp3) is 0.611. The van der Waals surface area contributed by atoms with Crippen LogP contribution in [0.25, 0.3) is 0 Å². The van der Waals surface area contributed by atoms with Gasteiger partial charge in [0.15, 0.2) is 23.4 Å². The maximum Gasteiger partial charge on any atom is 0.174 e. The number of nitrogens with zero attached hydrogens (tertiary/aromatic N) is 1. The van der Waals surface area contributed by atoms with Gasteiger partial charge in [0, 0.05) is 30.2 Å². The van der Waals surface area contributed by atoms with Gasteiger partial charge in [-0.2, -0.15) is 0 Å². The van der Waals surface area contributed by atoms with Crippen molar-refractivity contribution in [2.75, 3.05) is 20.6 Å². The van der Waals surface area contributed by atoms with E-state index in [9.17, 15) is 4.79 Å². The first-order chi connectivity index (χ1) is 13.4. The Bertz CT molecular complexity index is 947. The maximum atomic E-state index is 13.1. The van der Waals surface area contributed by atoms with E-state index in [4.69, 9.17) is 19.1 Å². The zero-order chi connectivity index (χ0) is 21.1. The first-order valence-corrected chi connectivity index (χ1v) is 7.63. The fourth-order valence-electron chi connectivity index (χ4n) is 4.98. The predicted octanol–water partition coefficient (Wildman–Crippen LogP) is 1.93. The third-order valence-electron chi connectivity index (χ3n) is 5.88. The van der Waals surface area contributed by atoms with Gasteiger partial charge < -0.3 is 14.4 Å². The predicted molar refractivity (Wildman–Crippen MR) is 81.6 cm³/mol. The molecule has 4 atom stereocenters. The van der Waals surface area contributed by atoms with Gasteiger partial charge in [0.1, 0.15) is 0 Å². The Morgan fingerprint density at radius 3 is 3.32 bits per heavy atom. The van der Waals surface area contributed by atoms with E-state index in [2.05, 4.69) is 0 Å². The number of piperidine rings is 1. The van der Waals surface area contributed by atoms with Crippen LogP contribution >= 0.6 is 0 Å². The lowest BCUT2D eigenvalue weighted by Crippen LogP contribution is -2.65. The molecule has 4 aliphatic rings. The third kappa shape index (κ3) is 1.27. The zero-order valence-corrected chi connectivity index (χ0v) is 12.2. The SMILES string of the molecule is [2H]c1c([2H])c(OC)c2c3c1C[C@@H]1[C@@H]4CC([2H])([2H])C(=O)C(O2)[C@]34CCN1C([2H])([2H])[2H]. The molecule has 0 radical (unpaired) electrons. The quantitative estimate of drug-likeness (QED) is 0.795. The molecular formula is C18H21NO3. The van der Waals surface area contributed by atoms with Gasteiger partial charge in [-0.3, -0.25) is 4.79 Å². The van der Waals surface area contributed by atoms with Crippen molar-refractivity contribution in [3.63, 3.8) is 0 Å². The molecule has 0 aromatic heterocycles. The van der Waals surface area contributed by atoms with Crippen molar-refractivity contribution in [3.05, 3.63) is 23.2 Å². The van der Waals surface area contributed by atoms with Gasteiger partial charge >= 0.3 is 0 Å². The molecule has 2 aliphatic carbocycles. The summed E-state index contributed by atoms with van der Waals surface area (Å²) in [5, 5.41) is 0. The van der Waals surface area contributed by atoms with Crippen LogP contribution < -0.4 is 9.47 Å². The molecule has 1 aromatic rings. The average molecular weight is 306 g/mol. The minimum absolute atomic E-state index is 0.0406. The van der Waals surface area contributed by atoms with Crippen LogP contribution in [-0.4, -0.2) is 43.5 Å². The number of Topliss-reactive ketones (excluding diaryl/α,β-unsaturated/α-hetero) is 1. The van der Waals surface area contributed by atoms with Crippen molar-refractivity contribution in [1.82, 2.24) is 4.90 Å². The largest absolute Gasteiger partial charge is 0.493 e. The first kappa shape index (κ1) is 7.82. The Morgan fingerprint density at radius 1 is 1.59 bits per heavy atom. The van der Waals surface area contributed by atoms with E-state index in [-0.39, 0.29) is 43.0 Å². The number of likely N-dealkylation sites (tertiary alicyclic amines) is 1. The molecule has 1 saturated heterocycles. The highest BCUT2D eigenvalue weighted by Gasteiger charge is 2.65. The molecular weight excluding hydrogens is 278 g/mol. The summed E-state index contributed by atoms with van der Waals surface area (Å²) in [5.41, 5.74) is 0.309. The third-order valence-corrected chi connectivity index (χ3v) is 5.88. The van der Waals surface area contributed by atoms with Gasteiger partial charge in [0.25, 0.3) is 0 Å². The number of hydrogen-bond acceptors (Lipinski definition) is 4. The molecule has 0 N–H and O–H groups in total. The summed E-state index contributed by atoms with van der Waals surface area (Å²) in [7, 11) is 1.38. The van der Waals surface area contributed by atoms with Gasteiger partial charge in [-0.05, 0) is 50.3 Å². The van der Waals surface area contributed by atoms with E-state index in [1.165, 1.54) is 12.0 Å². The molecule has 2 heterocycles. The lowest BCUT2D eigenvalue weighted by Gasteiger charge is -2.57. The number of ether oxygens (including phenoxy) is 2. The van der Waals surface area contributed by atoms with Gasteiger partial charge in [0.2, 0.25) is 0 Å². The molecule has 1 spiro atoms. The number of carbonyl (C=O) groups excluding carboxylic acids is 1. The second-order valence-electron chi connectivity index (χ2n) is 6.57. The van der Waals surface area contributed by atoms with Crippen LogP contribution in [0.5, 0.6) is 11.5 Å². The van der Waals surface area contributed by atoms with Crippen molar-refractivity contribution in [3.8, 4) is 11.5 Å². The molecule has 4 nitrogen and oxygen atoms in total.